The van der Waals surface area contributed by atoms with E-state index in [0.717, 1.165) is 66.0 Å². The predicted molar refractivity (Wildman–Crippen MR) is 129 cm³/mol. The fourth-order valence-electron chi connectivity index (χ4n) is 4.44. The molecule has 0 saturated carbocycles. The van der Waals surface area contributed by atoms with E-state index in [-0.39, 0.29) is 11.9 Å². The molecule has 0 bridgehead atoms. The number of ether oxygens (including phenoxy) is 1. The number of benzene rings is 1. The zero-order valence-electron chi connectivity index (χ0n) is 19.8. The number of likely N-dealkylation sites (tertiary alicyclic amines) is 1. The highest BCUT2D eigenvalue weighted by Crippen LogP contribution is 2.38. The van der Waals surface area contributed by atoms with Gasteiger partial charge in [0, 0.05) is 49.3 Å². The van der Waals surface area contributed by atoms with Crippen LogP contribution in [0.2, 0.25) is 0 Å². The number of hydrogen-bond donors (Lipinski definition) is 0. The summed E-state index contributed by atoms with van der Waals surface area (Å²) in [5.41, 5.74) is 5.86. The summed E-state index contributed by atoms with van der Waals surface area (Å²) in [5, 5.41) is 0. The summed E-state index contributed by atoms with van der Waals surface area (Å²) < 4.78 is 5.48. The molecule has 0 radical (unpaired) electrons. The molecular weight excluding hydrogens is 412 g/mol. The summed E-state index contributed by atoms with van der Waals surface area (Å²) in [6, 6.07) is 9.70. The molecule has 2 aromatic heterocycles. The molecule has 4 rings (SSSR count). The number of rotatable bonds is 8. The first-order valence-corrected chi connectivity index (χ1v) is 11.9. The Balaban J connectivity index is 1.68. The smallest absolute Gasteiger partial charge is 0.254 e. The quantitative estimate of drug-likeness (QED) is 0.471. The summed E-state index contributed by atoms with van der Waals surface area (Å²) in [7, 11) is 0. The molecule has 33 heavy (non-hydrogen) atoms. The van der Waals surface area contributed by atoms with Crippen LogP contribution in [0.1, 0.15) is 72.2 Å². The number of carbonyl (C=O) groups is 1. The van der Waals surface area contributed by atoms with Crippen LogP contribution in [0.3, 0.4) is 0 Å². The molecule has 6 heteroatoms. The highest BCUT2D eigenvalue weighted by molar-refractivity contribution is 5.94. The third-order valence-electron chi connectivity index (χ3n) is 6.16. The van der Waals surface area contributed by atoms with E-state index in [1.165, 1.54) is 0 Å². The molecule has 0 aliphatic carbocycles. The Morgan fingerprint density at radius 1 is 1.12 bits per heavy atom. The van der Waals surface area contributed by atoms with Crippen LogP contribution in [0, 0.1) is 6.92 Å². The number of pyridine rings is 1. The molecule has 1 saturated heterocycles. The van der Waals surface area contributed by atoms with Gasteiger partial charge in [0.05, 0.1) is 18.3 Å². The number of aryl methyl sites for hydroxylation is 2. The first kappa shape index (κ1) is 23.1. The van der Waals surface area contributed by atoms with Gasteiger partial charge in [-0.15, -0.1) is 0 Å². The summed E-state index contributed by atoms with van der Waals surface area (Å²) in [5.74, 6) is 0.885. The van der Waals surface area contributed by atoms with Crippen LogP contribution in [0.4, 0.5) is 0 Å². The number of aromatic nitrogens is 3. The lowest BCUT2D eigenvalue weighted by Gasteiger charge is -2.27. The zero-order chi connectivity index (χ0) is 23.2. The number of nitrogens with zero attached hydrogens (tertiary/aromatic N) is 4. The van der Waals surface area contributed by atoms with E-state index in [0.29, 0.717) is 18.8 Å². The minimum absolute atomic E-state index is 0.0495. The summed E-state index contributed by atoms with van der Waals surface area (Å²) in [6.45, 7) is 8.12. The van der Waals surface area contributed by atoms with Crippen molar-refractivity contribution in [1.82, 2.24) is 19.9 Å². The molecule has 1 amide bonds. The molecule has 6 nitrogen and oxygen atoms in total. The molecule has 1 unspecified atom stereocenters. The van der Waals surface area contributed by atoms with Gasteiger partial charge in [0.2, 0.25) is 0 Å². The number of amides is 1. The molecule has 1 aliphatic rings. The standard InChI is InChI=1S/C27H32N4O2/c1-4-7-25-29-17-23(22-13-14-28-16-19(22)3)26(30-25)24-8-6-15-31(24)27(32)21-11-9-20(10-12-21)18-33-5-2/h9-14,16-17,24H,4-8,15,18H2,1-3H3. The minimum atomic E-state index is -0.0678. The van der Waals surface area contributed by atoms with Gasteiger partial charge >= 0.3 is 0 Å². The maximum atomic E-state index is 13.5. The van der Waals surface area contributed by atoms with Gasteiger partial charge in [-0.3, -0.25) is 9.78 Å². The largest absolute Gasteiger partial charge is 0.377 e. The van der Waals surface area contributed by atoms with E-state index in [1.54, 1.807) is 6.20 Å². The second kappa shape index (κ2) is 10.7. The Morgan fingerprint density at radius 3 is 2.67 bits per heavy atom. The van der Waals surface area contributed by atoms with Crippen molar-refractivity contribution < 1.29 is 9.53 Å². The van der Waals surface area contributed by atoms with Crippen molar-refractivity contribution in [1.29, 1.82) is 0 Å². The van der Waals surface area contributed by atoms with E-state index in [4.69, 9.17) is 9.72 Å². The SMILES string of the molecule is CCCc1ncc(-c2ccncc2C)c(C2CCCN2C(=O)c2ccc(COCC)cc2)n1. The Labute approximate surface area is 196 Å². The van der Waals surface area contributed by atoms with Crippen LogP contribution in [-0.4, -0.2) is 38.9 Å². The predicted octanol–water partition coefficient (Wildman–Crippen LogP) is 5.31. The van der Waals surface area contributed by atoms with Gasteiger partial charge in [-0.05, 0) is 68.0 Å². The third-order valence-corrected chi connectivity index (χ3v) is 6.16. The first-order valence-electron chi connectivity index (χ1n) is 11.9. The zero-order valence-corrected chi connectivity index (χ0v) is 19.8. The molecule has 0 N–H and O–H groups in total. The second-order valence-corrected chi connectivity index (χ2v) is 8.52. The van der Waals surface area contributed by atoms with Gasteiger partial charge in [0.1, 0.15) is 5.82 Å². The Kier molecular flexibility index (Phi) is 7.45. The minimum Gasteiger partial charge on any atom is -0.377 e. The molecule has 3 aromatic rings. The van der Waals surface area contributed by atoms with E-state index < -0.39 is 0 Å². The third kappa shape index (κ3) is 5.11. The molecule has 0 spiro atoms. The average molecular weight is 445 g/mol. The van der Waals surface area contributed by atoms with Gasteiger partial charge < -0.3 is 9.64 Å². The van der Waals surface area contributed by atoms with Crippen LogP contribution in [-0.2, 0) is 17.8 Å². The topological polar surface area (TPSA) is 68.2 Å². The average Bonchev–Trinajstić information content (AvgIpc) is 3.33. The van der Waals surface area contributed by atoms with E-state index in [1.807, 2.05) is 61.5 Å². The highest BCUT2D eigenvalue weighted by atomic mass is 16.5. The van der Waals surface area contributed by atoms with Crippen LogP contribution in [0.5, 0.6) is 0 Å². The van der Waals surface area contributed by atoms with E-state index in [2.05, 4.69) is 16.9 Å². The summed E-state index contributed by atoms with van der Waals surface area (Å²) >= 11 is 0. The Morgan fingerprint density at radius 2 is 1.94 bits per heavy atom. The Bertz CT molecular complexity index is 1100. The maximum absolute atomic E-state index is 13.5. The molecule has 1 aromatic carbocycles. The van der Waals surface area contributed by atoms with Crippen LogP contribution in [0.25, 0.3) is 11.1 Å². The van der Waals surface area contributed by atoms with Gasteiger partial charge in [-0.25, -0.2) is 9.97 Å². The van der Waals surface area contributed by atoms with Gasteiger partial charge in [0.15, 0.2) is 0 Å². The van der Waals surface area contributed by atoms with Crippen molar-refractivity contribution in [2.75, 3.05) is 13.2 Å². The lowest BCUT2D eigenvalue weighted by molar-refractivity contribution is 0.0733. The summed E-state index contributed by atoms with van der Waals surface area (Å²) in [4.78, 5) is 29.4. The normalized spacial score (nSPS) is 15.7. The van der Waals surface area contributed by atoms with Crippen molar-refractivity contribution in [3.8, 4) is 11.1 Å². The number of hydrogen-bond acceptors (Lipinski definition) is 5. The van der Waals surface area contributed by atoms with E-state index in [9.17, 15) is 4.79 Å². The molecule has 1 fully saturated rings. The lowest BCUT2D eigenvalue weighted by Crippen LogP contribution is -2.31. The van der Waals surface area contributed by atoms with Gasteiger partial charge in [-0.1, -0.05) is 19.1 Å². The maximum Gasteiger partial charge on any atom is 0.254 e. The second-order valence-electron chi connectivity index (χ2n) is 8.52. The van der Waals surface area contributed by atoms with Crippen molar-refractivity contribution >= 4 is 5.91 Å². The Hall–Kier alpha value is -3.12. The number of carbonyl (C=O) groups excluding carboxylic acids is 1. The fourth-order valence-corrected chi connectivity index (χ4v) is 4.44. The van der Waals surface area contributed by atoms with Crippen LogP contribution >= 0.6 is 0 Å². The van der Waals surface area contributed by atoms with Crippen LogP contribution in [0.15, 0.2) is 48.9 Å². The molecule has 172 valence electrons. The molecule has 3 heterocycles. The molecule has 1 aliphatic heterocycles. The molecule has 1 atom stereocenters. The van der Waals surface area contributed by atoms with Crippen LogP contribution < -0.4 is 0 Å². The monoisotopic (exact) mass is 444 g/mol. The van der Waals surface area contributed by atoms with Gasteiger partial charge in [0.25, 0.3) is 5.91 Å². The van der Waals surface area contributed by atoms with Crippen molar-refractivity contribution in [3.05, 3.63) is 77.1 Å². The van der Waals surface area contributed by atoms with E-state index >= 15 is 0 Å². The highest BCUT2D eigenvalue weighted by Gasteiger charge is 2.34. The van der Waals surface area contributed by atoms with Crippen molar-refractivity contribution in [3.63, 3.8) is 0 Å². The fraction of sp³-hybridized carbons (Fsp3) is 0.407. The lowest BCUT2D eigenvalue weighted by atomic mass is 9.97. The van der Waals surface area contributed by atoms with Crippen molar-refractivity contribution in [2.45, 2.75) is 59.1 Å². The first-order chi connectivity index (χ1) is 16.1. The van der Waals surface area contributed by atoms with Gasteiger partial charge in [-0.2, -0.15) is 0 Å². The summed E-state index contributed by atoms with van der Waals surface area (Å²) in [6.07, 6.45) is 9.25. The molecular formula is C27H32N4O2. The van der Waals surface area contributed by atoms with Crippen molar-refractivity contribution in [2.24, 2.45) is 0 Å².